The Kier molecular flexibility index (Phi) is 4.58. The Morgan fingerprint density at radius 1 is 1.36 bits per heavy atom. The van der Waals surface area contributed by atoms with Gasteiger partial charge in [-0.05, 0) is 40.5 Å². The molecule has 28 heavy (non-hydrogen) atoms. The summed E-state index contributed by atoms with van der Waals surface area (Å²) in [5, 5.41) is 19.1. The van der Waals surface area contributed by atoms with Crippen LogP contribution in [-0.2, 0) is 6.42 Å². The predicted molar refractivity (Wildman–Crippen MR) is 95.2 cm³/mol. The van der Waals surface area contributed by atoms with E-state index in [0.717, 1.165) is 12.0 Å². The number of aromatic nitrogens is 5. The highest BCUT2D eigenvalue weighted by Gasteiger charge is 2.23. The number of anilines is 1. The Morgan fingerprint density at radius 2 is 2.21 bits per heavy atom. The first kappa shape index (κ1) is 17.5. The third-order valence-corrected chi connectivity index (χ3v) is 3.94. The molecular weight excluding hydrogens is 368 g/mol. The molecule has 2 aromatic heterocycles. The number of hydrogen-bond acceptors (Lipinski definition) is 10. The van der Waals surface area contributed by atoms with E-state index in [0.29, 0.717) is 23.6 Å². The van der Waals surface area contributed by atoms with E-state index in [1.807, 2.05) is 6.92 Å². The highest BCUT2D eigenvalue weighted by Crippen LogP contribution is 2.31. The number of nitrogens with zero attached hydrogens (tertiary/aromatic N) is 6. The van der Waals surface area contributed by atoms with Crippen molar-refractivity contribution in [1.82, 2.24) is 30.7 Å². The van der Waals surface area contributed by atoms with Gasteiger partial charge < -0.3 is 15.2 Å². The molecule has 1 amide bonds. The number of hydrazone groups is 1. The van der Waals surface area contributed by atoms with Gasteiger partial charge in [0.2, 0.25) is 18.4 Å². The number of amides is 1. The lowest BCUT2D eigenvalue weighted by molar-refractivity contribution is 0.0949. The maximum absolute atomic E-state index is 12.5. The summed E-state index contributed by atoms with van der Waals surface area (Å²) >= 11 is 0. The van der Waals surface area contributed by atoms with Crippen LogP contribution in [0.2, 0.25) is 0 Å². The molecule has 1 aliphatic heterocycles. The van der Waals surface area contributed by atoms with Crippen LogP contribution in [0.3, 0.4) is 0 Å². The molecule has 12 heteroatoms. The quantitative estimate of drug-likeness (QED) is 0.461. The highest BCUT2D eigenvalue weighted by molar-refractivity contribution is 5.94. The van der Waals surface area contributed by atoms with Gasteiger partial charge in [-0.15, -0.1) is 5.10 Å². The third kappa shape index (κ3) is 3.22. The number of rotatable bonds is 6. The molecule has 0 fully saturated rings. The number of nitrogens with one attached hydrogen (secondary N) is 1. The Bertz CT molecular complexity index is 1040. The van der Waals surface area contributed by atoms with Crippen molar-refractivity contribution in [3.05, 3.63) is 35.2 Å². The summed E-state index contributed by atoms with van der Waals surface area (Å²) in [6.07, 6.45) is 2.76. The van der Waals surface area contributed by atoms with Gasteiger partial charge in [0.15, 0.2) is 17.2 Å². The maximum Gasteiger partial charge on any atom is 0.293 e. The Balaban J connectivity index is 1.52. The van der Waals surface area contributed by atoms with Crippen LogP contribution >= 0.6 is 0 Å². The van der Waals surface area contributed by atoms with Crippen molar-refractivity contribution in [2.75, 3.05) is 12.5 Å². The number of carbonyl (C=O) groups is 1. The molecule has 3 N–H and O–H groups in total. The first-order valence-electron chi connectivity index (χ1n) is 8.43. The van der Waals surface area contributed by atoms with Gasteiger partial charge >= 0.3 is 0 Å². The normalized spacial score (nSPS) is 12.6. The van der Waals surface area contributed by atoms with Crippen molar-refractivity contribution in [1.29, 1.82) is 0 Å². The Hall–Kier alpha value is -3.96. The van der Waals surface area contributed by atoms with E-state index < -0.39 is 5.91 Å². The van der Waals surface area contributed by atoms with Crippen molar-refractivity contribution in [3.8, 4) is 17.3 Å². The van der Waals surface area contributed by atoms with Gasteiger partial charge in [-0.3, -0.25) is 4.79 Å². The minimum Gasteiger partial charge on any atom is -0.454 e. The second-order valence-electron chi connectivity index (χ2n) is 5.83. The number of hydrogen-bond donors (Lipinski definition) is 2. The van der Waals surface area contributed by atoms with Gasteiger partial charge in [0.1, 0.15) is 0 Å². The second kappa shape index (κ2) is 7.34. The molecule has 4 rings (SSSR count). The van der Waals surface area contributed by atoms with Gasteiger partial charge in [-0.1, -0.05) is 18.6 Å². The van der Waals surface area contributed by atoms with Gasteiger partial charge in [0.05, 0.1) is 11.9 Å². The van der Waals surface area contributed by atoms with Crippen molar-refractivity contribution in [2.45, 2.75) is 19.8 Å². The number of nitrogen functional groups attached to an aromatic ring is 1. The van der Waals surface area contributed by atoms with Crippen LogP contribution in [0, 0.1) is 0 Å². The fraction of sp³-hybridized carbons (Fsp3) is 0.250. The minimum atomic E-state index is -0.512. The molecule has 0 bridgehead atoms. The lowest BCUT2D eigenvalue weighted by Crippen LogP contribution is -2.20. The minimum absolute atomic E-state index is 0.0510. The summed E-state index contributed by atoms with van der Waals surface area (Å²) in [5.74, 6) is 1.02. The maximum atomic E-state index is 12.5. The highest BCUT2D eigenvalue weighted by atomic mass is 16.7. The number of carbonyl (C=O) groups excluding carboxylic acids is 1. The number of ether oxygens (including phenoxy) is 2. The van der Waals surface area contributed by atoms with Crippen LogP contribution in [0.25, 0.3) is 5.82 Å². The molecule has 144 valence electrons. The van der Waals surface area contributed by atoms with Crippen LogP contribution in [0.4, 0.5) is 5.82 Å². The van der Waals surface area contributed by atoms with Gasteiger partial charge in [0.25, 0.3) is 5.91 Å². The summed E-state index contributed by atoms with van der Waals surface area (Å²) in [7, 11) is 0. The van der Waals surface area contributed by atoms with Crippen molar-refractivity contribution >= 4 is 17.9 Å². The lowest BCUT2D eigenvalue weighted by Gasteiger charge is -2.03. The molecule has 12 nitrogen and oxygen atoms in total. The van der Waals surface area contributed by atoms with Crippen LogP contribution in [0.5, 0.6) is 11.5 Å². The van der Waals surface area contributed by atoms with E-state index in [4.69, 9.17) is 15.2 Å². The summed E-state index contributed by atoms with van der Waals surface area (Å²) in [6.45, 7) is 2.15. The second-order valence-corrected chi connectivity index (χ2v) is 5.83. The number of fused-ring (bicyclic) bond motifs is 1. The molecule has 0 saturated carbocycles. The van der Waals surface area contributed by atoms with Crippen molar-refractivity contribution in [3.63, 3.8) is 0 Å². The third-order valence-electron chi connectivity index (χ3n) is 3.94. The van der Waals surface area contributed by atoms with E-state index in [2.05, 4.69) is 35.8 Å². The summed E-state index contributed by atoms with van der Waals surface area (Å²) < 4.78 is 16.5. The van der Waals surface area contributed by atoms with E-state index in [9.17, 15) is 4.79 Å². The zero-order valence-electron chi connectivity index (χ0n) is 14.8. The average Bonchev–Trinajstić information content (AvgIpc) is 3.41. The SMILES string of the molecule is CCCc1c(C(=O)N/N=C/c2ccc3c(c2)OCO3)nnn1-c1nonc1N. The molecule has 3 aromatic rings. The molecule has 0 spiro atoms. The van der Waals surface area contributed by atoms with E-state index >= 15 is 0 Å². The Morgan fingerprint density at radius 3 is 3.00 bits per heavy atom. The van der Waals surface area contributed by atoms with Crippen LogP contribution in [0.15, 0.2) is 27.9 Å². The van der Waals surface area contributed by atoms with E-state index in [1.54, 1.807) is 18.2 Å². The number of nitrogens with two attached hydrogens (primary N) is 1. The van der Waals surface area contributed by atoms with E-state index in [-0.39, 0.29) is 24.1 Å². The fourth-order valence-corrected chi connectivity index (χ4v) is 2.66. The largest absolute Gasteiger partial charge is 0.454 e. The number of benzene rings is 1. The van der Waals surface area contributed by atoms with Gasteiger partial charge in [-0.25, -0.2) is 10.1 Å². The lowest BCUT2D eigenvalue weighted by atomic mass is 10.2. The standard InChI is InChI=1S/C16H16N8O4/c1-2-3-10-13(19-23-24(10)15-14(17)21-28-22-15)16(25)20-18-7-9-4-5-11-12(6-9)27-8-26-11/h4-7H,2-3,8H2,1H3,(H2,17,21)(H,20,25)/b18-7+. The molecule has 0 radical (unpaired) electrons. The van der Waals surface area contributed by atoms with Crippen LogP contribution in [0.1, 0.15) is 35.1 Å². The van der Waals surface area contributed by atoms with Crippen molar-refractivity contribution in [2.24, 2.45) is 5.10 Å². The molecule has 0 aliphatic carbocycles. The molecule has 0 saturated heterocycles. The molecule has 1 aliphatic rings. The topological polar surface area (TPSA) is 156 Å². The van der Waals surface area contributed by atoms with Crippen LogP contribution in [-0.4, -0.2) is 44.2 Å². The van der Waals surface area contributed by atoms with Gasteiger partial charge in [-0.2, -0.15) is 9.78 Å². The first-order valence-corrected chi connectivity index (χ1v) is 8.43. The monoisotopic (exact) mass is 384 g/mol. The van der Waals surface area contributed by atoms with Crippen molar-refractivity contribution < 1.29 is 18.9 Å². The average molecular weight is 384 g/mol. The zero-order valence-corrected chi connectivity index (χ0v) is 14.8. The summed E-state index contributed by atoms with van der Waals surface area (Å²) in [5.41, 5.74) is 9.53. The molecule has 3 heterocycles. The Labute approximate surface area is 158 Å². The first-order chi connectivity index (χ1) is 13.7. The molecule has 0 atom stereocenters. The zero-order chi connectivity index (χ0) is 19.5. The molecular formula is C16H16N8O4. The van der Waals surface area contributed by atoms with Crippen LogP contribution < -0.4 is 20.6 Å². The van der Waals surface area contributed by atoms with Gasteiger partial charge in [0, 0.05) is 0 Å². The summed E-state index contributed by atoms with van der Waals surface area (Å²) in [4.78, 5) is 12.5. The fourth-order valence-electron chi connectivity index (χ4n) is 2.66. The molecule has 1 aromatic carbocycles. The predicted octanol–water partition coefficient (Wildman–Crippen LogP) is 0.678. The summed E-state index contributed by atoms with van der Waals surface area (Å²) in [6, 6.07) is 5.33. The smallest absolute Gasteiger partial charge is 0.293 e. The molecule has 0 unspecified atom stereocenters. The van der Waals surface area contributed by atoms with E-state index in [1.165, 1.54) is 10.9 Å².